The third-order valence-electron chi connectivity index (χ3n) is 4.55. The fourth-order valence-electron chi connectivity index (χ4n) is 3.28. The zero-order valence-electron chi connectivity index (χ0n) is 14.9. The number of benzene rings is 2. The Morgan fingerprint density at radius 2 is 2.11 bits per heavy atom. The Kier molecular flexibility index (Phi) is 6.17. The molecule has 0 atom stereocenters. The third-order valence-corrected chi connectivity index (χ3v) is 4.79. The van der Waals surface area contributed by atoms with E-state index in [9.17, 15) is 13.4 Å². The molecule has 0 aromatic heterocycles. The van der Waals surface area contributed by atoms with Crippen LogP contribution < -0.4 is 9.55 Å². The van der Waals surface area contributed by atoms with Crippen LogP contribution in [0.2, 0.25) is 5.02 Å². The predicted molar refractivity (Wildman–Crippen MR) is 106 cm³/mol. The minimum atomic E-state index is -3.01. The molecule has 27 heavy (non-hydrogen) atoms. The van der Waals surface area contributed by atoms with Crippen molar-refractivity contribution in [2.24, 2.45) is 0 Å². The van der Waals surface area contributed by atoms with Crippen LogP contribution in [0.25, 0.3) is 6.08 Å². The number of carbonyl (C=O) groups is 1. The molecule has 0 aliphatic carbocycles. The standard InChI is InChI=1S/C20H19BClF2NO2/c1-2-25-11-3-4-15-12-14(5-8-18(15)25)6-9-19(26)17-13-16(22)7-10-20(17)27-21(23)24/h5-10,12-13H,2-4,11H2,1H3/b9-6-. The molecule has 2 aromatic rings. The maximum absolute atomic E-state index is 12.5. The molecule has 0 unspecified atom stereocenters. The molecule has 0 radical (unpaired) electrons. The molecule has 0 N–H and O–H groups in total. The number of anilines is 1. The van der Waals surface area contributed by atoms with Crippen LogP contribution in [0, 0.1) is 0 Å². The summed E-state index contributed by atoms with van der Waals surface area (Å²) in [6.07, 6.45) is 5.14. The highest BCUT2D eigenvalue weighted by Crippen LogP contribution is 2.29. The summed E-state index contributed by atoms with van der Waals surface area (Å²) < 4.78 is 29.5. The average molecular weight is 390 g/mol. The molecular formula is C20H19BClF2NO2. The molecule has 140 valence electrons. The van der Waals surface area contributed by atoms with Gasteiger partial charge in [-0.05, 0) is 67.3 Å². The molecule has 0 bridgehead atoms. The van der Waals surface area contributed by atoms with Gasteiger partial charge in [0.2, 0.25) is 0 Å². The first kappa shape index (κ1) is 19.4. The van der Waals surface area contributed by atoms with Crippen LogP contribution in [0.3, 0.4) is 0 Å². The van der Waals surface area contributed by atoms with E-state index >= 15 is 0 Å². The molecule has 1 aliphatic rings. The highest BCUT2D eigenvalue weighted by atomic mass is 35.5. The van der Waals surface area contributed by atoms with E-state index < -0.39 is 13.3 Å². The number of carbonyl (C=O) groups excluding carboxylic acids is 1. The van der Waals surface area contributed by atoms with E-state index in [0.717, 1.165) is 31.5 Å². The molecule has 3 nitrogen and oxygen atoms in total. The maximum atomic E-state index is 12.5. The normalized spacial score (nSPS) is 13.6. The van der Waals surface area contributed by atoms with E-state index in [1.807, 2.05) is 6.07 Å². The van der Waals surface area contributed by atoms with E-state index in [1.54, 1.807) is 6.08 Å². The molecule has 0 fully saturated rings. The van der Waals surface area contributed by atoms with Gasteiger partial charge in [-0.15, -0.1) is 0 Å². The molecule has 0 amide bonds. The fourth-order valence-corrected chi connectivity index (χ4v) is 3.45. The van der Waals surface area contributed by atoms with Crippen molar-refractivity contribution in [1.82, 2.24) is 0 Å². The Bertz CT molecular complexity index is 873. The molecular weight excluding hydrogens is 370 g/mol. The van der Waals surface area contributed by atoms with E-state index in [1.165, 1.54) is 35.5 Å². The SMILES string of the molecule is CCN1CCCc2cc(/C=C\C(=O)c3cc(Cl)ccc3OB(F)F)ccc21. The van der Waals surface area contributed by atoms with Crippen LogP contribution in [0.4, 0.5) is 14.3 Å². The molecule has 1 heterocycles. The van der Waals surface area contributed by atoms with Crippen LogP contribution in [0.1, 0.15) is 34.8 Å². The molecule has 7 heteroatoms. The van der Waals surface area contributed by atoms with E-state index in [2.05, 4.69) is 28.6 Å². The smallest absolute Gasteiger partial charge is 0.505 e. The monoisotopic (exact) mass is 389 g/mol. The second-order valence-electron chi connectivity index (χ2n) is 6.29. The fraction of sp³-hybridized carbons (Fsp3) is 0.250. The van der Waals surface area contributed by atoms with Crippen LogP contribution in [0.15, 0.2) is 42.5 Å². The van der Waals surface area contributed by atoms with Crippen LogP contribution in [0.5, 0.6) is 5.75 Å². The molecule has 2 aromatic carbocycles. The van der Waals surface area contributed by atoms with Gasteiger partial charge >= 0.3 is 7.47 Å². The number of rotatable bonds is 6. The summed E-state index contributed by atoms with van der Waals surface area (Å²) in [5.41, 5.74) is 3.38. The van der Waals surface area contributed by atoms with Crippen LogP contribution >= 0.6 is 11.6 Å². The van der Waals surface area contributed by atoms with Crippen molar-refractivity contribution in [3.8, 4) is 5.75 Å². The summed E-state index contributed by atoms with van der Waals surface area (Å²) in [5.74, 6) is -0.630. The van der Waals surface area contributed by atoms with Gasteiger partial charge in [0.1, 0.15) is 5.75 Å². The number of nitrogens with zero attached hydrogens (tertiary/aromatic N) is 1. The lowest BCUT2D eigenvalue weighted by atomic mass is 9.98. The van der Waals surface area contributed by atoms with Crippen molar-refractivity contribution < 1.29 is 18.1 Å². The summed E-state index contributed by atoms with van der Waals surface area (Å²) in [6, 6.07) is 10.1. The van der Waals surface area contributed by atoms with Crippen LogP contribution in [-0.2, 0) is 6.42 Å². The highest BCUT2D eigenvalue weighted by molar-refractivity contribution is 6.36. The minimum absolute atomic E-state index is 0.00849. The van der Waals surface area contributed by atoms with Gasteiger partial charge in [-0.3, -0.25) is 4.79 Å². The summed E-state index contributed by atoms with van der Waals surface area (Å²) in [5, 5.41) is 0.279. The number of fused-ring (bicyclic) bond motifs is 1. The maximum Gasteiger partial charge on any atom is 0.796 e. The van der Waals surface area contributed by atoms with Crippen molar-refractivity contribution in [1.29, 1.82) is 0 Å². The largest absolute Gasteiger partial charge is 0.796 e. The molecule has 0 saturated carbocycles. The number of ketones is 1. The predicted octanol–water partition coefficient (Wildman–Crippen LogP) is 5.31. The Labute approximate surface area is 162 Å². The molecule has 0 spiro atoms. The van der Waals surface area contributed by atoms with Crippen LogP contribution in [-0.4, -0.2) is 26.3 Å². The number of hydrogen-bond donors (Lipinski definition) is 0. The number of hydrogen-bond acceptors (Lipinski definition) is 3. The lowest BCUT2D eigenvalue weighted by Gasteiger charge is -2.30. The Hall–Kier alpha value is -2.34. The summed E-state index contributed by atoms with van der Waals surface area (Å²) >= 11 is 5.90. The summed E-state index contributed by atoms with van der Waals surface area (Å²) in [4.78, 5) is 14.8. The first-order valence-corrected chi connectivity index (χ1v) is 9.20. The second kappa shape index (κ2) is 8.57. The van der Waals surface area contributed by atoms with Crippen molar-refractivity contribution in [3.05, 3.63) is 64.2 Å². The van der Waals surface area contributed by atoms with E-state index in [4.69, 9.17) is 11.6 Å². The zero-order chi connectivity index (χ0) is 19.4. The number of aryl methyl sites for hydroxylation is 1. The van der Waals surface area contributed by atoms with Gasteiger partial charge in [0.05, 0.1) is 5.56 Å². The molecule has 0 saturated heterocycles. The van der Waals surface area contributed by atoms with Gasteiger partial charge in [-0.1, -0.05) is 23.7 Å². The zero-order valence-corrected chi connectivity index (χ0v) is 15.7. The molecule has 3 rings (SSSR count). The van der Waals surface area contributed by atoms with Crippen molar-refractivity contribution in [3.63, 3.8) is 0 Å². The van der Waals surface area contributed by atoms with Gasteiger partial charge in [0, 0.05) is 23.8 Å². The van der Waals surface area contributed by atoms with E-state index in [0.29, 0.717) is 0 Å². The Morgan fingerprint density at radius 3 is 2.85 bits per heavy atom. The first-order chi connectivity index (χ1) is 13.0. The quantitative estimate of drug-likeness (QED) is 0.381. The number of allylic oxidation sites excluding steroid dienone is 1. The van der Waals surface area contributed by atoms with Gasteiger partial charge in [0.15, 0.2) is 5.78 Å². The third kappa shape index (κ3) is 4.69. The Morgan fingerprint density at radius 1 is 1.30 bits per heavy atom. The van der Waals surface area contributed by atoms with E-state index in [-0.39, 0.29) is 16.3 Å². The topological polar surface area (TPSA) is 29.5 Å². The van der Waals surface area contributed by atoms with Gasteiger partial charge in [-0.25, -0.2) is 8.63 Å². The van der Waals surface area contributed by atoms with Crippen molar-refractivity contribution in [2.45, 2.75) is 19.8 Å². The lowest BCUT2D eigenvalue weighted by molar-refractivity contribution is 0.104. The van der Waals surface area contributed by atoms with Crippen molar-refractivity contribution in [2.75, 3.05) is 18.0 Å². The highest BCUT2D eigenvalue weighted by Gasteiger charge is 2.21. The number of halogens is 3. The summed E-state index contributed by atoms with van der Waals surface area (Å²) in [7, 11) is -3.01. The first-order valence-electron chi connectivity index (χ1n) is 8.82. The summed E-state index contributed by atoms with van der Waals surface area (Å²) in [6.45, 7) is 4.15. The molecule has 1 aliphatic heterocycles. The van der Waals surface area contributed by atoms with Gasteiger partial charge in [-0.2, -0.15) is 0 Å². The van der Waals surface area contributed by atoms with Crippen molar-refractivity contribution >= 4 is 36.6 Å². The average Bonchev–Trinajstić information content (AvgIpc) is 2.66. The lowest BCUT2D eigenvalue weighted by Crippen LogP contribution is -2.28. The Balaban J connectivity index is 1.82. The van der Waals surface area contributed by atoms with Gasteiger partial charge < -0.3 is 9.55 Å². The second-order valence-corrected chi connectivity index (χ2v) is 6.72. The minimum Gasteiger partial charge on any atom is -0.505 e. The van der Waals surface area contributed by atoms with Gasteiger partial charge in [0.25, 0.3) is 0 Å².